The van der Waals surface area contributed by atoms with Gasteiger partial charge in [0.25, 0.3) is 0 Å². The molecule has 2 aliphatic rings. The standard InChI is InChI=1S/C12H22N2S/c1-3-5-12(6-7-12)9-14-11-13-8-10(4-2)15-11/h10H,3-9H2,1-2H3,(H,13,14). The zero-order chi connectivity index (χ0) is 10.7. The highest BCUT2D eigenvalue weighted by atomic mass is 32.2. The van der Waals surface area contributed by atoms with Crippen LogP contribution in [0.4, 0.5) is 0 Å². The monoisotopic (exact) mass is 226 g/mol. The molecule has 0 bridgehead atoms. The summed E-state index contributed by atoms with van der Waals surface area (Å²) in [5, 5.41) is 5.48. The van der Waals surface area contributed by atoms with Crippen LogP contribution in [0.1, 0.15) is 46.0 Å². The van der Waals surface area contributed by atoms with Crippen molar-refractivity contribution < 1.29 is 0 Å². The van der Waals surface area contributed by atoms with E-state index in [9.17, 15) is 0 Å². The second kappa shape index (κ2) is 4.77. The third-order valence-corrected chi connectivity index (χ3v) is 4.84. The number of nitrogens with one attached hydrogen (secondary N) is 1. The number of thioether (sulfide) groups is 1. The van der Waals surface area contributed by atoms with Gasteiger partial charge < -0.3 is 5.32 Å². The molecular weight excluding hydrogens is 204 g/mol. The Kier molecular flexibility index (Phi) is 3.60. The van der Waals surface area contributed by atoms with E-state index in [0.717, 1.165) is 18.3 Å². The van der Waals surface area contributed by atoms with Gasteiger partial charge in [-0.1, -0.05) is 32.0 Å². The normalized spacial score (nSPS) is 27.6. The Morgan fingerprint density at radius 3 is 2.80 bits per heavy atom. The van der Waals surface area contributed by atoms with Crippen molar-refractivity contribution in [2.75, 3.05) is 13.1 Å². The number of hydrogen-bond acceptors (Lipinski definition) is 3. The molecule has 1 fully saturated rings. The summed E-state index contributed by atoms with van der Waals surface area (Å²) in [6.07, 6.45) is 6.78. The highest BCUT2D eigenvalue weighted by molar-refractivity contribution is 8.14. The summed E-state index contributed by atoms with van der Waals surface area (Å²) in [5.41, 5.74) is 0.641. The van der Waals surface area contributed by atoms with E-state index in [0.29, 0.717) is 5.41 Å². The molecule has 0 amide bonds. The van der Waals surface area contributed by atoms with E-state index >= 15 is 0 Å². The molecule has 1 unspecified atom stereocenters. The maximum Gasteiger partial charge on any atom is 0.156 e. The van der Waals surface area contributed by atoms with Crippen LogP contribution in [0.3, 0.4) is 0 Å². The zero-order valence-electron chi connectivity index (χ0n) is 9.88. The van der Waals surface area contributed by atoms with Crippen molar-refractivity contribution in [1.82, 2.24) is 5.32 Å². The van der Waals surface area contributed by atoms with E-state index in [-0.39, 0.29) is 0 Å². The summed E-state index contributed by atoms with van der Waals surface area (Å²) in [6, 6.07) is 0. The third kappa shape index (κ3) is 2.90. The van der Waals surface area contributed by atoms with Crippen molar-refractivity contribution in [2.45, 2.75) is 51.2 Å². The molecule has 2 nitrogen and oxygen atoms in total. The second-order valence-electron chi connectivity index (χ2n) is 4.90. The van der Waals surface area contributed by atoms with Crippen LogP contribution in [0.5, 0.6) is 0 Å². The van der Waals surface area contributed by atoms with Gasteiger partial charge in [0.15, 0.2) is 5.17 Å². The van der Waals surface area contributed by atoms with Crippen LogP contribution in [0.2, 0.25) is 0 Å². The molecular formula is C12H22N2S. The first-order valence-electron chi connectivity index (χ1n) is 6.23. The SMILES string of the molecule is CCCC1(CNC2=NCC(CC)S2)CC1. The topological polar surface area (TPSA) is 24.4 Å². The van der Waals surface area contributed by atoms with Crippen LogP contribution in [0.25, 0.3) is 0 Å². The number of aliphatic imine (C=N–C) groups is 1. The van der Waals surface area contributed by atoms with Gasteiger partial charge in [0.05, 0.1) is 6.54 Å². The Morgan fingerprint density at radius 2 is 2.27 bits per heavy atom. The van der Waals surface area contributed by atoms with Crippen LogP contribution >= 0.6 is 11.8 Å². The molecule has 1 saturated carbocycles. The fraction of sp³-hybridized carbons (Fsp3) is 0.917. The Labute approximate surface area is 97.3 Å². The van der Waals surface area contributed by atoms with E-state index in [1.54, 1.807) is 0 Å². The van der Waals surface area contributed by atoms with Gasteiger partial charge in [-0.3, -0.25) is 4.99 Å². The van der Waals surface area contributed by atoms with Crippen LogP contribution in [0.15, 0.2) is 4.99 Å². The van der Waals surface area contributed by atoms with E-state index in [1.807, 2.05) is 11.8 Å². The van der Waals surface area contributed by atoms with Crippen molar-refractivity contribution in [3.8, 4) is 0 Å². The van der Waals surface area contributed by atoms with Gasteiger partial charge in [-0.05, 0) is 31.1 Å². The van der Waals surface area contributed by atoms with Crippen molar-refractivity contribution in [3.05, 3.63) is 0 Å². The molecule has 0 spiro atoms. The van der Waals surface area contributed by atoms with E-state index < -0.39 is 0 Å². The Morgan fingerprint density at radius 1 is 1.47 bits per heavy atom. The minimum absolute atomic E-state index is 0.641. The molecule has 1 aliphatic carbocycles. The lowest BCUT2D eigenvalue weighted by Crippen LogP contribution is -2.27. The minimum Gasteiger partial charge on any atom is -0.364 e. The van der Waals surface area contributed by atoms with Gasteiger partial charge in [-0.25, -0.2) is 0 Å². The highest BCUT2D eigenvalue weighted by Crippen LogP contribution is 2.49. The Balaban J connectivity index is 1.70. The summed E-state index contributed by atoms with van der Waals surface area (Å²) in [6.45, 7) is 6.71. The average molecular weight is 226 g/mol. The molecule has 0 saturated heterocycles. The molecule has 0 radical (unpaired) electrons. The molecule has 0 aromatic carbocycles. The summed E-state index contributed by atoms with van der Waals surface area (Å²) < 4.78 is 0. The number of nitrogens with zero attached hydrogens (tertiary/aromatic N) is 1. The number of rotatable bonds is 5. The van der Waals surface area contributed by atoms with Gasteiger partial charge in [0.2, 0.25) is 0 Å². The third-order valence-electron chi connectivity index (χ3n) is 3.52. The van der Waals surface area contributed by atoms with Gasteiger partial charge >= 0.3 is 0 Å². The lowest BCUT2D eigenvalue weighted by atomic mass is 10.0. The quantitative estimate of drug-likeness (QED) is 0.779. The largest absolute Gasteiger partial charge is 0.364 e. The maximum absolute atomic E-state index is 4.55. The van der Waals surface area contributed by atoms with Gasteiger partial charge in [0.1, 0.15) is 0 Å². The average Bonchev–Trinajstić information content (AvgIpc) is 2.86. The summed E-state index contributed by atoms with van der Waals surface area (Å²) in [4.78, 5) is 4.55. The van der Waals surface area contributed by atoms with Crippen LogP contribution in [-0.2, 0) is 0 Å². The molecule has 2 rings (SSSR count). The van der Waals surface area contributed by atoms with Gasteiger partial charge in [-0.2, -0.15) is 0 Å². The Bertz CT molecular complexity index is 246. The maximum atomic E-state index is 4.55. The molecule has 0 aromatic heterocycles. The molecule has 1 heterocycles. The lowest BCUT2D eigenvalue weighted by molar-refractivity contribution is 0.454. The molecule has 3 heteroatoms. The number of hydrogen-bond donors (Lipinski definition) is 1. The molecule has 0 aromatic rings. The first-order chi connectivity index (χ1) is 7.28. The predicted octanol–water partition coefficient (Wildman–Crippen LogP) is 3.04. The Hall–Kier alpha value is -0.180. The van der Waals surface area contributed by atoms with Crippen molar-refractivity contribution in [3.63, 3.8) is 0 Å². The van der Waals surface area contributed by atoms with E-state index in [2.05, 4.69) is 24.2 Å². The highest BCUT2D eigenvalue weighted by Gasteiger charge is 2.41. The second-order valence-corrected chi connectivity index (χ2v) is 6.19. The lowest BCUT2D eigenvalue weighted by Gasteiger charge is -2.15. The smallest absolute Gasteiger partial charge is 0.156 e. The minimum atomic E-state index is 0.641. The fourth-order valence-electron chi connectivity index (χ4n) is 2.21. The first kappa shape index (κ1) is 11.3. The molecule has 1 aliphatic heterocycles. The van der Waals surface area contributed by atoms with Crippen LogP contribution in [0, 0.1) is 5.41 Å². The predicted molar refractivity (Wildman–Crippen MR) is 68.5 cm³/mol. The zero-order valence-corrected chi connectivity index (χ0v) is 10.7. The molecule has 86 valence electrons. The number of amidine groups is 1. The first-order valence-corrected chi connectivity index (χ1v) is 7.11. The fourth-order valence-corrected chi connectivity index (χ4v) is 3.15. The van der Waals surface area contributed by atoms with E-state index in [1.165, 1.54) is 37.3 Å². The van der Waals surface area contributed by atoms with Crippen LogP contribution in [-0.4, -0.2) is 23.5 Å². The summed E-state index contributed by atoms with van der Waals surface area (Å²) in [5.74, 6) is 0. The molecule has 1 atom stereocenters. The van der Waals surface area contributed by atoms with Gasteiger partial charge in [-0.15, -0.1) is 0 Å². The van der Waals surface area contributed by atoms with Crippen molar-refractivity contribution in [1.29, 1.82) is 0 Å². The summed E-state index contributed by atoms with van der Waals surface area (Å²) in [7, 11) is 0. The molecule has 15 heavy (non-hydrogen) atoms. The van der Waals surface area contributed by atoms with E-state index in [4.69, 9.17) is 0 Å². The van der Waals surface area contributed by atoms with Crippen molar-refractivity contribution >= 4 is 16.9 Å². The van der Waals surface area contributed by atoms with Crippen molar-refractivity contribution in [2.24, 2.45) is 10.4 Å². The van der Waals surface area contributed by atoms with Crippen LogP contribution < -0.4 is 5.32 Å². The van der Waals surface area contributed by atoms with Gasteiger partial charge in [0, 0.05) is 11.8 Å². The summed E-state index contributed by atoms with van der Waals surface area (Å²) >= 11 is 1.94. The molecule has 1 N–H and O–H groups in total.